The summed E-state index contributed by atoms with van der Waals surface area (Å²) in [6.07, 6.45) is -0.128. The van der Waals surface area contributed by atoms with Crippen LogP contribution in [0.3, 0.4) is 0 Å². The van der Waals surface area contributed by atoms with Gasteiger partial charge in [0.05, 0.1) is 6.61 Å². The van der Waals surface area contributed by atoms with E-state index in [2.05, 4.69) is 11.7 Å². The number of unbranched alkanes of at least 4 members (excludes halogenated alkanes) is 2. The average molecular weight is 336 g/mol. The van der Waals surface area contributed by atoms with Gasteiger partial charge in [0.15, 0.2) is 12.2 Å². The third-order valence-corrected chi connectivity index (χ3v) is 2.90. The minimum Gasteiger partial charge on any atom is -0.479 e. The summed E-state index contributed by atoms with van der Waals surface area (Å²) in [6, 6.07) is 0. The fraction of sp³-hybridized carbons (Fsp3) is 0.867. The van der Waals surface area contributed by atoms with Crippen molar-refractivity contribution in [3.63, 3.8) is 0 Å². The number of esters is 1. The molecule has 136 valence electrons. The number of carboxylic acid groups (broad SMARTS) is 1. The van der Waals surface area contributed by atoms with Gasteiger partial charge in [0.1, 0.15) is 0 Å². The number of hydrogen-bond donors (Lipinski definition) is 3. The Bertz CT molecular complexity index is 321. The predicted octanol–water partition coefficient (Wildman–Crippen LogP) is 0.340. The van der Waals surface area contributed by atoms with Gasteiger partial charge < -0.3 is 29.5 Å². The van der Waals surface area contributed by atoms with Crippen molar-refractivity contribution in [2.75, 3.05) is 33.0 Å². The molecule has 0 saturated carbocycles. The van der Waals surface area contributed by atoms with Gasteiger partial charge in [-0.05, 0) is 32.1 Å². The van der Waals surface area contributed by atoms with Crippen molar-refractivity contribution >= 4 is 11.9 Å². The molecule has 0 aliphatic rings. The zero-order valence-corrected chi connectivity index (χ0v) is 13.6. The van der Waals surface area contributed by atoms with Crippen molar-refractivity contribution in [3.8, 4) is 0 Å². The molecule has 0 aliphatic carbocycles. The zero-order valence-electron chi connectivity index (χ0n) is 13.6. The molecule has 0 fully saturated rings. The summed E-state index contributed by atoms with van der Waals surface area (Å²) in [5.74, 6) is -2.82. The summed E-state index contributed by atoms with van der Waals surface area (Å²) in [6.45, 7) is 4.83. The van der Waals surface area contributed by atoms with Crippen LogP contribution >= 0.6 is 0 Å². The van der Waals surface area contributed by atoms with Crippen molar-refractivity contribution in [1.29, 1.82) is 0 Å². The molecule has 0 rings (SSSR count). The third kappa shape index (κ3) is 11.9. The Morgan fingerprint density at radius 3 is 1.78 bits per heavy atom. The monoisotopic (exact) mass is 336 g/mol. The van der Waals surface area contributed by atoms with Crippen molar-refractivity contribution < 1.29 is 39.1 Å². The summed E-state index contributed by atoms with van der Waals surface area (Å²) < 4.78 is 15.4. The lowest BCUT2D eigenvalue weighted by molar-refractivity contribution is -0.169. The fourth-order valence-corrected chi connectivity index (χ4v) is 1.58. The molecule has 0 aliphatic heterocycles. The fourth-order valence-electron chi connectivity index (χ4n) is 1.58. The normalized spacial score (nSPS) is 13.5. The average Bonchev–Trinajstić information content (AvgIpc) is 2.54. The van der Waals surface area contributed by atoms with Crippen LogP contribution in [0.1, 0.15) is 39.0 Å². The third-order valence-electron chi connectivity index (χ3n) is 2.90. The maximum absolute atomic E-state index is 11.2. The Hall–Kier alpha value is -1.22. The molecule has 0 aromatic carbocycles. The smallest absolute Gasteiger partial charge is 0.338 e. The molecule has 3 N–H and O–H groups in total. The van der Waals surface area contributed by atoms with Crippen LogP contribution in [0.25, 0.3) is 0 Å². The molecular weight excluding hydrogens is 308 g/mol. The van der Waals surface area contributed by atoms with Gasteiger partial charge in [-0.25, -0.2) is 9.59 Å². The molecule has 0 aromatic heterocycles. The van der Waals surface area contributed by atoms with Crippen LogP contribution in [-0.4, -0.2) is 72.5 Å². The van der Waals surface area contributed by atoms with Crippen LogP contribution < -0.4 is 0 Å². The number of carboxylic acids is 1. The van der Waals surface area contributed by atoms with Crippen molar-refractivity contribution in [3.05, 3.63) is 0 Å². The highest BCUT2D eigenvalue weighted by Gasteiger charge is 2.31. The second-order valence-corrected chi connectivity index (χ2v) is 5.03. The maximum Gasteiger partial charge on any atom is 0.338 e. The van der Waals surface area contributed by atoms with Gasteiger partial charge in [-0.3, -0.25) is 0 Å². The van der Waals surface area contributed by atoms with Crippen molar-refractivity contribution in [2.24, 2.45) is 0 Å². The van der Waals surface area contributed by atoms with E-state index in [1.165, 1.54) is 0 Å². The van der Waals surface area contributed by atoms with E-state index in [4.69, 9.17) is 19.7 Å². The highest BCUT2D eigenvalue weighted by atomic mass is 16.6. The summed E-state index contributed by atoms with van der Waals surface area (Å²) in [5.41, 5.74) is 0. The quantitative estimate of drug-likeness (QED) is 0.289. The van der Waals surface area contributed by atoms with Gasteiger partial charge in [-0.2, -0.15) is 0 Å². The molecule has 0 saturated heterocycles. The van der Waals surface area contributed by atoms with E-state index in [1.807, 2.05) is 0 Å². The maximum atomic E-state index is 11.2. The highest BCUT2D eigenvalue weighted by Crippen LogP contribution is 2.00. The minimum atomic E-state index is -2.17. The number of rotatable bonds is 15. The molecule has 2 atom stereocenters. The molecule has 0 radical (unpaired) electrons. The Morgan fingerprint density at radius 2 is 1.30 bits per heavy atom. The molecule has 8 heteroatoms. The van der Waals surface area contributed by atoms with Gasteiger partial charge in [0.2, 0.25) is 0 Å². The number of hydrogen-bond acceptors (Lipinski definition) is 7. The summed E-state index contributed by atoms with van der Waals surface area (Å²) in [5, 5.41) is 26.6. The largest absolute Gasteiger partial charge is 0.479 e. The zero-order chi connectivity index (χ0) is 17.5. The number of carbonyl (C=O) groups excluding carboxylic acids is 1. The van der Waals surface area contributed by atoms with Crippen LogP contribution in [0, 0.1) is 0 Å². The first-order chi connectivity index (χ1) is 11.0. The number of ether oxygens (including phenoxy) is 3. The predicted molar refractivity (Wildman–Crippen MR) is 81.0 cm³/mol. The highest BCUT2D eigenvalue weighted by molar-refractivity contribution is 5.84. The van der Waals surface area contributed by atoms with Crippen molar-refractivity contribution in [2.45, 2.75) is 51.2 Å². The number of carbonyl (C=O) groups is 2. The SMILES string of the molecule is CCCOCCCCOCCCCOC(=O)C(O)C(O)C(=O)O. The molecule has 0 spiro atoms. The van der Waals surface area contributed by atoms with E-state index in [0.29, 0.717) is 26.1 Å². The van der Waals surface area contributed by atoms with E-state index in [1.54, 1.807) is 0 Å². The molecule has 8 nitrogen and oxygen atoms in total. The Balaban J connectivity index is 3.39. The lowest BCUT2D eigenvalue weighted by Crippen LogP contribution is -2.40. The molecule has 0 amide bonds. The first-order valence-electron chi connectivity index (χ1n) is 7.91. The Labute approximate surface area is 136 Å². The minimum absolute atomic E-state index is 0.0381. The van der Waals surface area contributed by atoms with E-state index >= 15 is 0 Å². The topological polar surface area (TPSA) is 123 Å². The Kier molecular flexibility index (Phi) is 13.6. The van der Waals surface area contributed by atoms with E-state index in [9.17, 15) is 14.7 Å². The van der Waals surface area contributed by atoms with E-state index < -0.39 is 24.1 Å². The molecule has 0 heterocycles. The van der Waals surface area contributed by atoms with Crippen LogP contribution in [0.2, 0.25) is 0 Å². The standard InChI is InChI=1S/C15H28O8/c1-2-7-21-8-3-4-9-22-10-5-6-11-23-15(20)13(17)12(16)14(18)19/h12-13,16-17H,2-11H2,1H3,(H,18,19). The molecule has 0 bridgehead atoms. The molecular formula is C15H28O8. The number of aliphatic hydroxyl groups is 2. The number of aliphatic hydroxyl groups excluding tert-OH is 2. The van der Waals surface area contributed by atoms with Gasteiger partial charge in [0, 0.05) is 26.4 Å². The van der Waals surface area contributed by atoms with Crippen LogP contribution in [0.15, 0.2) is 0 Å². The first-order valence-corrected chi connectivity index (χ1v) is 7.91. The second-order valence-electron chi connectivity index (χ2n) is 5.03. The summed E-state index contributed by atoms with van der Waals surface area (Å²) in [7, 11) is 0. The van der Waals surface area contributed by atoms with Gasteiger partial charge in [0.25, 0.3) is 0 Å². The Morgan fingerprint density at radius 1 is 0.826 bits per heavy atom. The van der Waals surface area contributed by atoms with Crippen molar-refractivity contribution in [1.82, 2.24) is 0 Å². The van der Waals surface area contributed by atoms with Gasteiger partial charge >= 0.3 is 11.9 Å². The van der Waals surface area contributed by atoms with Crippen LogP contribution in [0.4, 0.5) is 0 Å². The van der Waals surface area contributed by atoms with E-state index in [0.717, 1.165) is 32.5 Å². The summed E-state index contributed by atoms with van der Waals surface area (Å²) in [4.78, 5) is 21.6. The van der Waals surface area contributed by atoms with Gasteiger partial charge in [-0.1, -0.05) is 6.92 Å². The lowest BCUT2D eigenvalue weighted by atomic mass is 10.2. The van der Waals surface area contributed by atoms with Crippen LogP contribution in [0.5, 0.6) is 0 Å². The first kappa shape index (κ1) is 21.8. The molecule has 23 heavy (non-hydrogen) atoms. The molecule has 0 aromatic rings. The van der Waals surface area contributed by atoms with Crippen LogP contribution in [-0.2, 0) is 23.8 Å². The number of aliphatic carboxylic acids is 1. The second kappa shape index (κ2) is 14.4. The van der Waals surface area contributed by atoms with E-state index in [-0.39, 0.29) is 6.61 Å². The molecule has 2 unspecified atom stereocenters. The summed E-state index contributed by atoms with van der Waals surface area (Å²) >= 11 is 0. The lowest BCUT2D eigenvalue weighted by Gasteiger charge is -2.13. The van der Waals surface area contributed by atoms with Gasteiger partial charge in [-0.15, -0.1) is 0 Å².